The van der Waals surface area contributed by atoms with Gasteiger partial charge >= 0.3 is 0 Å². The van der Waals surface area contributed by atoms with Crippen LogP contribution in [0.15, 0.2) is 23.8 Å². The van der Waals surface area contributed by atoms with E-state index < -0.39 is 0 Å². The second-order valence-electron chi connectivity index (χ2n) is 7.00. The van der Waals surface area contributed by atoms with Crippen molar-refractivity contribution in [3.05, 3.63) is 40.5 Å². The molecule has 0 aliphatic carbocycles. The van der Waals surface area contributed by atoms with E-state index in [2.05, 4.69) is 26.8 Å². The Bertz CT molecular complexity index is 594. The van der Waals surface area contributed by atoms with Gasteiger partial charge in [-0.3, -0.25) is 4.79 Å². The molecule has 21 heavy (non-hydrogen) atoms. The maximum absolute atomic E-state index is 12.7. The first-order valence-corrected chi connectivity index (χ1v) is 7.55. The number of amides is 1. The first kappa shape index (κ1) is 15.6. The van der Waals surface area contributed by atoms with E-state index in [-0.39, 0.29) is 11.3 Å². The molecule has 0 spiro atoms. The smallest absolute Gasteiger partial charge is 0.254 e. The van der Waals surface area contributed by atoms with Gasteiger partial charge in [-0.2, -0.15) is 0 Å². The number of hydrogen-bond acceptors (Lipinski definition) is 2. The van der Waals surface area contributed by atoms with Crippen molar-refractivity contribution < 1.29 is 4.79 Å². The van der Waals surface area contributed by atoms with Crippen LogP contribution in [-0.4, -0.2) is 23.9 Å². The molecule has 1 aromatic carbocycles. The predicted molar refractivity (Wildman–Crippen MR) is 88.4 cm³/mol. The quantitative estimate of drug-likeness (QED) is 0.632. The van der Waals surface area contributed by atoms with Gasteiger partial charge < -0.3 is 10.6 Å². The molecular weight excluding hydrogens is 260 g/mol. The lowest BCUT2D eigenvalue weighted by Crippen LogP contribution is -2.36. The van der Waals surface area contributed by atoms with Gasteiger partial charge in [-0.05, 0) is 42.9 Å². The van der Waals surface area contributed by atoms with Crippen molar-refractivity contribution in [2.75, 3.05) is 18.8 Å². The second kappa shape index (κ2) is 5.55. The van der Waals surface area contributed by atoms with Gasteiger partial charge in [-0.1, -0.05) is 38.5 Å². The molecule has 3 nitrogen and oxygen atoms in total. The zero-order valence-corrected chi connectivity index (χ0v) is 13.8. The summed E-state index contributed by atoms with van der Waals surface area (Å²) in [4.78, 5) is 14.6. The fourth-order valence-corrected chi connectivity index (χ4v) is 2.80. The van der Waals surface area contributed by atoms with E-state index >= 15 is 0 Å². The summed E-state index contributed by atoms with van der Waals surface area (Å²) in [6.07, 6.45) is 3.16. The minimum atomic E-state index is 0.0865. The van der Waals surface area contributed by atoms with Gasteiger partial charge in [0.1, 0.15) is 0 Å². The molecule has 0 aromatic heterocycles. The first-order valence-electron chi connectivity index (χ1n) is 7.55. The molecule has 0 atom stereocenters. The van der Waals surface area contributed by atoms with Gasteiger partial charge in [-0.25, -0.2) is 0 Å². The van der Waals surface area contributed by atoms with E-state index in [1.807, 2.05) is 30.9 Å². The van der Waals surface area contributed by atoms with Gasteiger partial charge in [0.15, 0.2) is 0 Å². The lowest BCUT2D eigenvalue weighted by Gasteiger charge is -2.32. The number of hydrogen-bond donors (Lipinski definition) is 1. The Hall–Kier alpha value is -1.77. The molecule has 1 amide bonds. The molecule has 0 saturated carbocycles. The van der Waals surface area contributed by atoms with E-state index in [0.29, 0.717) is 12.2 Å². The molecule has 1 heterocycles. The fraction of sp³-hybridized carbons (Fsp3) is 0.500. The first-order chi connectivity index (χ1) is 9.70. The summed E-state index contributed by atoms with van der Waals surface area (Å²) in [7, 11) is 0. The molecule has 2 rings (SSSR count). The van der Waals surface area contributed by atoms with E-state index in [9.17, 15) is 4.79 Å². The monoisotopic (exact) mass is 286 g/mol. The SMILES string of the molecule is Cc1cc(C)c(C(=O)N2CC=C(C(C)(C)C)CC2)cc1N. The van der Waals surface area contributed by atoms with Crippen molar-refractivity contribution >= 4 is 11.6 Å². The Morgan fingerprint density at radius 3 is 2.38 bits per heavy atom. The third kappa shape index (κ3) is 3.29. The number of nitrogen functional groups attached to an aromatic ring is 1. The number of aryl methyl sites for hydroxylation is 2. The maximum Gasteiger partial charge on any atom is 0.254 e. The predicted octanol–water partition coefficient (Wildman–Crippen LogP) is 3.70. The average Bonchev–Trinajstić information content (AvgIpc) is 2.41. The molecule has 0 saturated heterocycles. The Kier molecular flexibility index (Phi) is 4.13. The Balaban J connectivity index is 2.20. The molecule has 0 fully saturated rings. The van der Waals surface area contributed by atoms with Crippen molar-refractivity contribution in [3.63, 3.8) is 0 Å². The lowest BCUT2D eigenvalue weighted by atomic mass is 9.83. The minimum Gasteiger partial charge on any atom is -0.398 e. The van der Waals surface area contributed by atoms with Crippen LogP contribution in [0.5, 0.6) is 0 Å². The van der Waals surface area contributed by atoms with Crippen LogP contribution in [0.3, 0.4) is 0 Å². The van der Waals surface area contributed by atoms with E-state index in [1.165, 1.54) is 5.57 Å². The van der Waals surface area contributed by atoms with Crippen molar-refractivity contribution in [1.29, 1.82) is 0 Å². The molecule has 0 unspecified atom stereocenters. The molecule has 0 radical (unpaired) electrons. The van der Waals surface area contributed by atoms with E-state index in [0.717, 1.165) is 29.7 Å². The standard InChI is InChI=1S/C18H26N2O/c1-12-10-13(2)16(19)11-15(12)17(21)20-8-6-14(7-9-20)18(3,4)5/h6,10-11H,7-9,19H2,1-5H3. The van der Waals surface area contributed by atoms with Crippen LogP contribution in [0.1, 0.15) is 48.7 Å². The molecule has 1 aliphatic heterocycles. The number of rotatable bonds is 1. The third-order valence-corrected chi connectivity index (χ3v) is 4.30. The zero-order chi connectivity index (χ0) is 15.8. The van der Waals surface area contributed by atoms with Crippen LogP contribution < -0.4 is 5.73 Å². The number of anilines is 1. The van der Waals surface area contributed by atoms with Gasteiger partial charge in [0.05, 0.1) is 0 Å². The normalized spacial score (nSPS) is 15.9. The minimum absolute atomic E-state index is 0.0865. The molecule has 114 valence electrons. The van der Waals surface area contributed by atoms with Crippen molar-refractivity contribution in [2.45, 2.75) is 41.0 Å². The van der Waals surface area contributed by atoms with Crippen LogP contribution >= 0.6 is 0 Å². The molecule has 1 aliphatic rings. The van der Waals surface area contributed by atoms with Crippen LogP contribution in [0.4, 0.5) is 5.69 Å². The number of carbonyl (C=O) groups excluding carboxylic acids is 1. The summed E-state index contributed by atoms with van der Waals surface area (Å²) in [5, 5.41) is 0. The summed E-state index contributed by atoms with van der Waals surface area (Å²) < 4.78 is 0. The average molecular weight is 286 g/mol. The number of benzene rings is 1. The number of carbonyl (C=O) groups is 1. The number of nitrogens with two attached hydrogens (primary N) is 1. The van der Waals surface area contributed by atoms with E-state index in [1.54, 1.807) is 0 Å². The fourth-order valence-electron chi connectivity index (χ4n) is 2.80. The van der Waals surface area contributed by atoms with Gasteiger partial charge in [-0.15, -0.1) is 0 Å². The molecule has 1 aromatic rings. The highest BCUT2D eigenvalue weighted by molar-refractivity contribution is 5.97. The highest BCUT2D eigenvalue weighted by atomic mass is 16.2. The summed E-state index contributed by atoms with van der Waals surface area (Å²) in [6, 6.07) is 3.80. The highest BCUT2D eigenvalue weighted by Gasteiger charge is 2.25. The van der Waals surface area contributed by atoms with Crippen LogP contribution in [0.25, 0.3) is 0 Å². The molecular formula is C18H26N2O. The molecule has 0 bridgehead atoms. The van der Waals surface area contributed by atoms with Crippen molar-refractivity contribution in [1.82, 2.24) is 4.90 Å². The Morgan fingerprint density at radius 2 is 1.86 bits per heavy atom. The Labute approximate surface area is 127 Å². The van der Waals surface area contributed by atoms with Crippen LogP contribution in [-0.2, 0) is 0 Å². The van der Waals surface area contributed by atoms with Gasteiger partial charge in [0, 0.05) is 24.3 Å². The zero-order valence-electron chi connectivity index (χ0n) is 13.8. The highest BCUT2D eigenvalue weighted by Crippen LogP contribution is 2.30. The molecule has 2 N–H and O–H groups in total. The van der Waals surface area contributed by atoms with Crippen molar-refractivity contribution in [3.8, 4) is 0 Å². The van der Waals surface area contributed by atoms with Gasteiger partial charge in [0.2, 0.25) is 0 Å². The van der Waals surface area contributed by atoms with Crippen LogP contribution in [0.2, 0.25) is 0 Å². The topological polar surface area (TPSA) is 46.3 Å². The third-order valence-electron chi connectivity index (χ3n) is 4.30. The number of nitrogens with zero attached hydrogens (tertiary/aromatic N) is 1. The summed E-state index contributed by atoms with van der Waals surface area (Å²) in [6.45, 7) is 12.1. The summed E-state index contributed by atoms with van der Waals surface area (Å²) >= 11 is 0. The van der Waals surface area contributed by atoms with Gasteiger partial charge in [0.25, 0.3) is 5.91 Å². The van der Waals surface area contributed by atoms with Crippen molar-refractivity contribution in [2.24, 2.45) is 5.41 Å². The molecule has 3 heteroatoms. The second-order valence-corrected chi connectivity index (χ2v) is 7.00. The maximum atomic E-state index is 12.7. The lowest BCUT2D eigenvalue weighted by molar-refractivity contribution is 0.0764. The largest absolute Gasteiger partial charge is 0.398 e. The Morgan fingerprint density at radius 1 is 1.19 bits per heavy atom. The summed E-state index contributed by atoms with van der Waals surface area (Å²) in [5.74, 6) is 0.0865. The van der Waals surface area contributed by atoms with Crippen LogP contribution in [0, 0.1) is 19.3 Å². The summed E-state index contributed by atoms with van der Waals surface area (Å²) in [5.41, 5.74) is 11.0. The van der Waals surface area contributed by atoms with E-state index in [4.69, 9.17) is 5.73 Å².